The van der Waals surface area contributed by atoms with Crippen LogP contribution in [-0.4, -0.2) is 5.16 Å². The van der Waals surface area contributed by atoms with Gasteiger partial charge in [0, 0.05) is 11.6 Å². The summed E-state index contributed by atoms with van der Waals surface area (Å²) < 4.78 is 4.94. The van der Waals surface area contributed by atoms with Gasteiger partial charge in [-0.3, -0.25) is 0 Å². The third-order valence-electron chi connectivity index (χ3n) is 3.20. The summed E-state index contributed by atoms with van der Waals surface area (Å²) in [5.74, 6) is 0.378. The lowest BCUT2D eigenvalue weighted by atomic mass is 9.87. The molecule has 2 N–H and O–H groups in total. The minimum Gasteiger partial charge on any atom is -0.368 e. The Morgan fingerprint density at radius 1 is 1.19 bits per heavy atom. The van der Waals surface area contributed by atoms with E-state index in [0.717, 1.165) is 12.1 Å². The molecule has 0 fully saturated rings. The molecule has 0 unspecified atom stereocenters. The molecule has 1 aromatic carbocycles. The van der Waals surface area contributed by atoms with Gasteiger partial charge in [-0.1, -0.05) is 23.4 Å². The SMILES string of the molecule is Nc1cc(-c2cccc3c2CCCC3)no1. The molecule has 2 aromatic rings. The van der Waals surface area contributed by atoms with Gasteiger partial charge in [0.25, 0.3) is 0 Å². The number of nitrogens with two attached hydrogens (primary N) is 1. The summed E-state index contributed by atoms with van der Waals surface area (Å²) in [5, 5.41) is 3.99. The van der Waals surface area contributed by atoms with Gasteiger partial charge in [0.05, 0.1) is 0 Å². The average molecular weight is 214 g/mol. The topological polar surface area (TPSA) is 52.0 Å². The first-order chi connectivity index (χ1) is 7.84. The van der Waals surface area contributed by atoms with E-state index in [-0.39, 0.29) is 0 Å². The van der Waals surface area contributed by atoms with E-state index in [1.807, 2.05) is 0 Å². The zero-order valence-electron chi connectivity index (χ0n) is 9.07. The molecule has 82 valence electrons. The Bertz CT molecular complexity index is 516. The second-order valence-corrected chi connectivity index (χ2v) is 4.26. The van der Waals surface area contributed by atoms with Crippen molar-refractivity contribution in [3.05, 3.63) is 35.4 Å². The van der Waals surface area contributed by atoms with Gasteiger partial charge in [-0.25, -0.2) is 0 Å². The molecule has 0 amide bonds. The molecule has 16 heavy (non-hydrogen) atoms. The van der Waals surface area contributed by atoms with Gasteiger partial charge in [0.2, 0.25) is 5.88 Å². The third-order valence-corrected chi connectivity index (χ3v) is 3.20. The first kappa shape index (κ1) is 9.46. The van der Waals surface area contributed by atoms with E-state index in [9.17, 15) is 0 Å². The Hall–Kier alpha value is -1.77. The van der Waals surface area contributed by atoms with Gasteiger partial charge in [0.15, 0.2) is 0 Å². The zero-order valence-corrected chi connectivity index (χ0v) is 9.07. The van der Waals surface area contributed by atoms with Crippen molar-refractivity contribution in [3.8, 4) is 11.3 Å². The molecule has 0 saturated heterocycles. The third kappa shape index (κ3) is 1.48. The predicted octanol–water partition coefficient (Wildman–Crippen LogP) is 2.80. The number of hydrogen-bond acceptors (Lipinski definition) is 3. The van der Waals surface area contributed by atoms with Crippen molar-refractivity contribution >= 4 is 5.88 Å². The minimum absolute atomic E-state index is 0.378. The summed E-state index contributed by atoms with van der Waals surface area (Å²) >= 11 is 0. The van der Waals surface area contributed by atoms with E-state index in [4.69, 9.17) is 10.3 Å². The van der Waals surface area contributed by atoms with Crippen LogP contribution in [0.1, 0.15) is 24.0 Å². The van der Waals surface area contributed by atoms with Gasteiger partial charge in [0.1, 0.15) is 5.69 Å². The molecule has 0 aliphatic heterocycles. The fraction of sp³-hybridized carbons (Fsp3) is 0.308. The van der Waals surface area contributed by atoms with Gasteiger partial charge in [-0.05, 0) is 36.8 Å². The summed E-state index contributed by atoms with van der Waals surface area (Å²) in [5.41, 5.74) is 10.5. The van der Waals surface area contributed by atoms with Crippen LogP contribution in [0.25, 0.3) is 11.3 Å². The molecule has 1 aliphatic rings. The van der Waals surface area contributed by atoms with Gasteiger partial charge < -0.3 is 10.3 Å². The van der Waals surface area contributed by atoms with Crippen molar-refractivity contribution in [3.63, 3.8) is 0 Å². The molecule has 3 rings (SSSR count). The van der Waals surface area contributed by atoms with Crippen LogP contribution >= 0.6 is 0 Å². The molecule has 1 heterocycles. The number of benzene rings is 1. The highest BCUT2D eigenvalue weighted by atomic mass is 16.5. The van der Waals surface area contributed by atoms with Crippen LogP contribution in [0.5, 0.6) is 0 Å². The van der Waals surface area contributed by atoms with E-state index in [1.165, 1.54) is 36.0 Å². The maximum atomic E-state index is 5.56. The van der Waals surface area contributed by atoms with E-state index in [2.05, 4.69) is 23.4 Å². The molecule has 3 nitrogen and oxygen atoms in total. The number of hydrogen-bond donors (Lipinski definition) is 1. The molecular weight excluding hydrogens is 200 g/mol. The van der Waals surface area contributed by atoms with Crippen LogP contribution < -0.4 is 5.73 Å². The summed E-state index contributed by atoms with van der Waals surface area (Å²) in [6, 6.07) is 8.19. The van der Waals surface area contributed by atoms with Crippen molar-refractivity contribution in [2.45, 2.75) is 25.7 Å². The van der Waals surface area contributed by atoms with Crippen molar-refractivity contribution in [1.29, 1.82) is 0 Å². The molecule has 1 aromatic heterocycles. The van der Waals surface area contributed by atoms with E-state index < -0.39 is 0 Å². The molecule has 0 saturated carbocycles. The number of nitrogens with zero attached hydrogens (tertiary/aromatic N) is 1. The normalized spacial score (nSPS) is 14.8. The number of aryl methyl sites for hydroxylation is 1. The van der Waals surface area contributed by atoms with Crippen LogP contribution in [-0.2, 0) is 12.8 Å². The summed E-state index contributed by atoms with van der Waals surface area (Å²) in [7, 11) is 0. The minimum atomic E-state index is 0.378. The lowest BCUT2D eigenvalue weighted by Gasteiger charge is -2.17. The lowest BCUT2D eigenvalue weighted by Crippen LogP contribution is -2.04. The molecule has 1 aliphatic carbocycles. The largest absolute Gasteiger partial charge is 0.368 e. The molecule has 0 radical (unpaired) electrons. The Morgan fingerprint density at radius 2 is 2.06 bits per heavy atom. The molecule has 0 bridgehead atoms. The molecule has 0 spiro atoms. The number of aromatic nitrogens is 1. The highest BCUT2D eigenvalue weighted by Crippen LogP contribution is 2.31. The Balaban J connectivity index is 2.13. The average Bonchev–Trinajstić information content (AvgIpc) is 2.75. The fourth-order valence-electron chi connectivity index (χ4n) is 2.44. The van der Waals surface area contributed by atoms with Crippen molar-refractivity contribution < 1.29 is 4.52 Å². The quantitative estimate of drug-likeness (QED) is 0.794. The number of anilines is 1. The van der Waals surface area contributed by atoms with E-state index >= 15 is 0 Å². The van der Waals surface area contributed by atoms with Crippen LogP contribution in [0.4, 0.5) is 5.88 Å². The van der Waals surface area contributed by atoms with Gasteiger partial charge >= 0.3 is 0 Å². The molecule has 0 atom stereocenters. The maximum Gasteiger partial charge on any atom is 0.222 e. The van der Waals surface area contributed by atoms with Gasteiger partial charge in [-0.2, -0.15) is 0 Å². The number of rotatable bonds is 1. The van der Waals surface area contributed by atoms with Crippen molar-refractivity contribution in [2.75, 3.05) is 5.73 Å². The summed E-state index contributed by atoms with van der Waals surface area (Å²) in [6.07, 6.45) is 4.86. The Kier molecular flexibility index (Phi) is 2.17. The highest BCUT2D eigenvalue weighted by molar-refractivity contribution is 5.67. The second kappa shape index (κ2) is 3.67. The first-order valence-corrected chi connectivity index (χ1v) is 5.68. The second-order valence-electron chi connectivity index (χ2n) is 4.26. The predicted molar refractivity (Wildman–Crippen MR) is 63.0 cm³/mol. The smallest absolute Gasteiger partial charge is 0.222 e. The van der Waals surface area contributed by atoms with Crippen LogP contribution in [0.3, 0.4) is 0 Å². The monoisotopic (exact) mass is 214 g/mol. The number of fused-ring (bicyclic) bond motifs is 1. The molecular formula is C13H14N2O. The highest BCUT2D eigenvalue weighted by Gasteiger charge is 2.15. The van der Waals surface area contributed by atoms with E-state index in [1.54, 1.807) is 6.07 Å². The van der Waals surface area contributed by atoms with Crippen LogP contribution in [0.15, 0.2) is 28.8 Å². The molecule has 3 heteroatoms. The van der Waals surface area contributed by atoms with Gasteiger partial charge in [-0.15, -0.1) is 0 Å². The lowest BCUT2D eigenvalue weighted by molar-refractivity contribution is 0.439. The maximum absolute atomic E-state index is 5.56. The first-order valence-electron chi connectivity index (χ1n) is 5.68. The van der Waals surface area contributed by atoms with Crippen LogP contribution in [0, 0.1) is 0 Å². The van der Waals surface area contributed by atoms with Crippen LogP contribution in [0.2, 0.25) is 0 Å². The Morgan fingerprint density at radius 3 is 2.88 bits per heavy atom. The zero-order chi connectivity index (χ0) is 11.0. The fourth-order valence-corrected chi connectivity index (χ4v) is 2.44. The van der Waals surface area contributed by atoms with Crippen molar-refractivity contribution in [1.82, 2.24) is 5.16 Å². The summed E-state index contributed by atoms with van der Waals surface area (Å²) in [6.45, 7) is 0. The standard InChI is InChI=1S/C13H14N2O/c14-13-8-12(15-16-13)11-7-3-5-9-4-1-2-6-10(9)11/h3,5,7-8H,1-2,4,6,14H2. The summed E-state index contributed by atoms with van der Waals surface area (Å²) in [4.78, 5) is 0. The van der Waals surface area contributed by atoms with Crippen molar-refractivity contribution in [2.24, 2.45) is 0 Å². The van der Waals surface area contributed by atoms with E-state index in [0.29, 0.717) is 5.88 Å². The Labute approximate surface area is 94.2 Å². The number of nitrogen functional groups attached to an aromatic ring is 1.